The lowest BCUT2D eigenvalue weighted by atomic mass is 9.74. The molecule has 32 heavy (non-hydrogen) atoms. The number of benzene rings is 1. The Morgan fingerprint density at radius 1 is 1.12 bits per heavy atom. The summed E-state index contributed by atoms with van der Waals surface area (Å²) in [6.45, 7) is 4.85. The largest absolute Gasteiger partial charge is 0.493 e. The molecule has 1 aromatic heterocycles. The predicted molar refractivity (Wildman–Crippen MR) is 122 cm³/mol. The summed E-state index contributed by atoms with van der Waals surface area (Å²) in [5.74, 6) is 3.71. The van der Waals surface area contributed by atoms with E-state index in [4.69, 9.17) is 19.4 Å². The zero-order chi connectivity index (χ0) is 22.2. The molecule has 7 nitrogen and oxygen atoms in total. The number of nitrogens with one attached hydrogen (secondary N) is 1. The van der Waals surface area contributed by atoms with Gasteiger partial charge in [0.2, 0.25) is 5.91 Å². The van der Waals surface area contributed by atoms with Crippen molar-refractivity contribution >= 4 is 5.91 Å². The van der Waals surface area contributed by atoms with Crippen LogP contribution in [0.2, 0.25) is 0 Å². The Morgan fingerprint density at radius 3 is 2.62 bits per heavy atom. The number of nitrogens with zero attached hydrogens (tertiary/aromatic N) is 3. The van der Waals surface area contributed by atoms with Crippen LogP contribution in [0.15, 0.2) is 24.3 Å². The minimum atomic E-state index is 0.246. The van der Waals surface area contributed by atoms with Crippen LogP contribution in [0.4, 0.5) is 0 Å². The zero-order valence-corrected chi connectivity index (χ0v) is 19.1. The first kappa shape index (κ1) is 21.2. The molecule has 4 unspecified atom stereocenters. The van der Waals surface area contributed by atoms with Crippen LogP contribution in [0.25, 0.3) is 11.3 Å². The highest BCUT2D eigenvalue weighted by Crippen LogP contribution is 2.42. The predicted octanol–water partition coefficient (Wildman–Crippen LogP) is 3.17. The number of piperidine rings is 3. The lowest BCUT2D eigenvalue weighted by Crippen LogP contribution is -2.56. The number of hydrogen-bond donors (Lipinski definition) is 1. The highest BCUT2D eigenvalue weighted by atomic mass is 16.5. The van der Waals surface area contributed by atoms with E-state index >= 15 is 0 Å². The lowest BCUT2D eigenvalue weighted by Gasteiger charge is -2.49. The topological polar surface area (TPSA) is 76.6 Å². The van der Waals surface area contributed by atoms with Gasteiger partial charge in [-0.25, -0.2) is 9.97 Å². The van der Waals surface area contributed by atoms with Gasteiger partial charge in [-0.15, -0.1) is 0 Å². The highest BCUT2D eigenvalue weighted by Gasteiger charge is 2.42. The van der Waals surface area contributed by atoms with Crippen molar-refractivity contribution in [1.82, 2.24) is 20.2 Å². The summed E-state index contributed by atoms with van der Waals surface area (Å²) in [7, 11) is 3.29. The maximum Gasteiger partial charge on any atom is 0.223 e. The van der Waals surface area contributed by atoms with Crippen LogP contribution in [-0.2, 0) is 4.79 Å². The number of carbonyl (C=O) groups is 1. The molecule has 4 aliphatic rings. The number of methoxy groups -OCH3 is 2. The van der Waals surface area contributed by atoms with Crippen LogP contribution in [0, 0.1) is 18.8 Å². The average molecular weight is 437 g/mol. The van der Waals surface area contributed by atoms with Crippen LogP contribution < -0.4 is 14.8 Å². The number of rotatable bonds is 7. The fourth-order valence-corrected chi connectivity index (χ4v) is 5.32. The number of carbonyl (C=O) groups excluding carboxylic acids is 1. The molecule has 0 spiro atoms. The van der Waals surface area contributed by atoms with Gasteiger partial charge in [0.15, 0.2) is 11.5 Å². The lowest BCUT2D eigenvalue weighted by molar-refractivity contribution is -0.122. The number of ether oxygens (including phenoxy) is 2. The van der Waals surface area contributed by atoms with E-state index in [-0.39, 0.29) is 11.8 Å². The van der Waals surface area contributed by atoms with Gasteiger partial charge in [0.25, 0.3) is 0 Å². The summed E-state index contributed by atoms with van der Waals surface area (Å²) in [6, 6.07) is 8.49. The Bertz CT molecular complexity index is 1010. The monoisotopic (exact) mass is 436 g/mol. The van der Waals surface area contributed by atoms with E-state index in [1.54, 1.807) is 14.2 Å². The van der Waals surface area contributed by atoms with Crippen molar-refractivity contribution in [3.63, 3.8) is 0 Å². The second-order valence-electron chi connectivity index (χ2n) is 9.35. The summed E-state index contributed by atoms with van der Waals surface area (Å²) in [6.07, 6.45) is 4.41. The first-order chi connectivity index (χ1) is 15.6. The van der Waals surface area contributed by atoms with Gasteiger partial charge in [-0.3, -0.25) is 9.69 Å². The number of aryl methyl sites for hydroxylation is 1. The van der Waals surface area contributed by atoms with Crippen LogP contribution in [0.1, 0.15) is 43.1 Å². The van der Waals surface area contributed by atoms with E-state index in [9.17, 15) is 4.79 Å². The maximum atomic E-state index is 12.1. The third kappa shape index (κ3) is 4.18. The van der Waals surface area contributed by atoms with E-state index in [1.807, 2.05) is 25.1 Å². The molecule has 0 radical (unpaired) electrons. The number of aromatic nitrogens is 2. The van der Waals surface area contributed by atoms with Crippen molar-refractivity contribution in [2.45, 2.75) is 44.6 Å². The quantitative estimate of drug-likeness (QED) is 0.719. The zero-order valence-electron chi connectivity index (χ0n) is 19.1. The van der Waals surface area contributed by atoms with Crippen molar-refractivity contribution in [2.75, 3.05) is 33.9 Å². The van der Waals surface area contributed by atoms with Gasteiger partial charge in [-0.05, 0) is 69.3 Å². The molecule has 1 aliphatic carbocycles. The fraction of sp³-hybridized carbons (Fsp3) is 0.560. The third-order valence-corrected chi connectivity index (χ3v) is 7.26. The summed E-state index contributed by atoms with van der Waals surface area (Å²) in [4.78, 5) is 24.2. The summed E-state index contributed by atoms with van der Waals surface area (Å²) in [5, 5.41) is 3.19. The maximum absolute atomic E-state index is 12.1. The molecular weight excluding hydrogens is 404 g/mol. The SMILES string of the molecule is COc1ccc(-c2cc(C3CN4CCC3CC4CNC(=O)C3CC3)nc(C)n2)cc1OC. The molecule has 6 rings (SSSR count). The molecule has 1 saturated carbocycles. The van der Waals surface area contributed by atoms with E-state index in [0.717, 1.165) is 61.7 Å². The van der Waals surface area contributed by atoms with Gasteiger partial charge in [-0.2, -0.15) is 0 Å². The Kier molecular flexibility index (Phi) is 5.76. The summed E-state index contributed by atoms with van der Waals surface area (Å²) >= 11 is 0. The van der Waals surface area contributed by atoms with E-state index in [2.05, 4.69) is 16.3 Å². The number of fused-ring (bicyclic) bond motifs is 3. The number of hydrogen-bond acceptors (Lipinski definition) is 6. The van der Waals surface area contributed by atoms with Crippen molar-refractivity contribution in [3.8, 4) is 22.8 Å². The molecule has 3 saturated heterocycles. The summed E-state index contributed by atoms with van der Waals surface area (Å²) < 4.78 is 10.9. The second kappa shape index (κ2) is 8.70. The Balaban J connectivity index is 1.34. The van der Waals surface area contributed by atoms with Crippen molar-refractivity contribution in [1.29, 1.82) is 0 Å². The van der Waals surface area contributed by atoms with Gasteiger partial charge in [0.1, 0.15) is 5.82 Å². The van der Waals surface area contributed by atoms with Crippen LogP contribution in [-0.4, -0.2) is 60.7 Å². The molecule has 2 aromatic rings. The second-order valence-corrected chi connectivity index (χ2v) is 9.35. The fourth-order valence-electron chi connectivity index (χ4n) is 5.32. The minimum Gasteiger partial charge on any atom is -0.493 e. The van der Waals surface area contributed by atoms with E-state index < -0.39 is 0 Å². The average Bonchev–Trinajstić information content (AvgIpc) is 3.67. The molecule has 4 heterocycles. The number of amides is 1. The Hall–Kier alpha value is -2.67. The van der Waals surface area contributed by atoms with Gasteiger partial charge in [0.05, 0.1) is 19.9 Å². The van der Waals surface area contributed by atoms with Crippen LogP contribution >= 0.6 is 0 Å². The van der Waals surface area contributed by atoms with Crippen molar-refractivity contribution in [2.24, 2.45) is 11.8 Å². The highest BCUT2D eigenvalue weighted by molar-refractivity contribution is 5.80. The Labute approximate surface area is 189 Å². The minimum absolute atomic E-state index is 0.246. The van der Waals surface area contributed by atoms with Gasteiger partial charge in [0, 0.05) is 42.2 Å². The molecular formula is C25H32N4O3. The van der Waals surface area contributed by atoms with E-state index in [1.165, 1.54) is 6.42 Å². The molecule has 7 heteroatoms. The Morgan fingerprint density at radius 2 is 1.94 bits per heavy atom. The summed E-state index contributed by atoms with van der Waals surface area (Å²) in [5.41, 5.74) is 3.03. The molecule has 2 bridgehead atoms. The molecule has 4 atom stereocenters. The molecule has 4 fully saturated rings. The van der Waals surface area contributed by atoms with Crippen molar-refractivity contribution in [3.05, 3.63) is 35.8 Å². The normalized spacial score (nSPS) is 26.6. The van der Waals surface area contributed by atoms with Gasteiger partial charge in [-0.1, -0.05) is 0 Å². The van der Waals surface area contributed by atoms with E-state index in [0.29, 0.717) is 29.4 Å². The molecule has 3 aliphatic heterocycles. The molecule has 1 aromatic carbocycles. The van der Waals surface area contributed by atoms with Crippen molar-refractivity contribution < 1.29 is 14.3 Å². The van der Waals surface area contributed by atoms with Crippen LogP contribution in [0.5, 0.6) is 11.5 Å². The first-order valence-corrected chi connectivity index (χ1v) is 11.7. The molecule has 1 amide bonds. The molecule has 1 N–H and O–H groups in total. The van der Waals surface area contributed by atoms with Crippen LogP contribution in [0.3, 0.4) is 0 Å². The standard InChI is InChI=1S/C25H32N4O3/c1-15-27-21(18-6-7-23(31-2)24(11-18)32-3)12-22(28-15)20-14-29-9-8-17(20)10-19(29)13-26-25(30)16-4-5-16/h6-7,11-12,16-17,19-20H,4-5,8-10,13-14H2,1-3H3,(H,26,30). The smallest absolute Gasteiger partial charge is 0.223 e. The third-order valence-electron chi connectivity index (χ3n) is 7.26. The van der Waals surface area contributed by atoms with Gasteiger partial charge < -0.3 is 14.8 Å². The first-order valence-electron chi connectivity index (χ1n) is 11.7. The molecule has 170 valence electrons. The van der Waals surface area contributed by atoms with Gasteiger partial charge >= 0.3 is 0 Å².